The highest BCUT2D eigenvalue weighted by Gasteiger charge is 2.28. The standard InChI is InChI=1S/C9H24N4/c1-5-11-8(4)9(10,12-6-2)13-7-3/h8,11-13H,5-7,10H2,1-4H3. The Morgan fingerprint density at radius 2 is 1.54 bits per heavy atom. The SMILES string of the molecule is CCNC(C)C(N)(NCC)NCC. The van der Waals surface area contributed by atoms with Gasteiger partial charge in [-0.05, 0) is 26.6 Å². The number of nitrogens with two attached hydrogens (primary N) is 1. The maximum absolute atomic E-state index is 6.16. The number of likely N-dealkylation sites (N-methyl/N-ethyl adjacent to an activating group) is 3. The van der Waals surface area contributed by atoms with Gasteiger partial charge in [0, 0.05) is 6.04 Å². The number of nitrogens with one attached hydrogen (secondary N) is 3. The van der Waals surface area contributed by atoms with E-state index in [1.165, 1.54) is 0 Å². The minimum atomic E-state index is -0.500. The Morgan fingerprint density at radius 3 is 1.85 bits per heavy atom. The molecule has 4 nitrogen and oxygen atoms in total. The molecule has 0 rings (SSSR count). The lowest BCUT2D eigenvalue weighted by atomic mass is 10.1. The van der Waals surface area contributed by atoms with Crippen LogP contribution in [0.25, 0.3) is 0 Å². The van der Waals surface area contributed by atoms with Crippen molar-refractivity contribution in [3.63, 3.8) is 0 Å². The first-order valence-electron chi connectivity index (χ1n) is 5.13. The van der Waals surface area contributed by atoms with E-state index in [0.29, 0.717) is 0 Å². The topological polar surface area (TPSA) is 62.1 Å². The van der Waals surface area contributed by atoms with E-state index in [4.69, 9.17) is 5.73 Å². The smallest absolute Gasteiger partial charge is 0.136 e. The summed E-state index contributed by atoms with van der Waals surface area (Å²) in [6.07, 6.45) is 0. The predicted molar refractivity (Wildman–Crippen MR) is 57.4 cm³/mol. The van der Waals surface area contributed by atoms with Gasteiger partial charge in [-0.3, -0.25) is 16.4 Å². The van der Waals surface area contributed by atoms with E-state index < -0.39 is 5.79 Å². The lowest BCUT2D eigenvalue weighted by Gasteiger charge is -2.37. The molecule has 0 saturated carbocycles. The van der Waals surface area contributed by atoms with Crippen molar-refractivity contribution in [1.29, 1.82) is 0 Å². The van der Waals surface area contributed by atoms with Crippen LogP contribution in [-0.2, 0) is 0 Å². The summed E-state index contributed by atoms with van der Waals surface area (Å²) in [7, 11) is 0. The summed E-state index contributed by atoms with van der Waals surface area (Å²) in [6, 6.07) is 0.206. The van der Waals surface area contributed by atoms with Gasteiger partial charge in [0.05, 0.1) is 0 Å². The Kier molecular flexibility index (Phi) is 6.24. The van der Waals surface area contributed by atoms with Crippen LogP contribution in [0.3, 0.4) is 0 Å². The van der Waals surface area contributed by atoms with E-state index in [9.17, 15) is 0 Å². The van der Waals surface area contributed by atoms with Crippen LogP contribution in [0.5, 0.6) is 0 Å². The van der Waals surface area contributed by atoms with E-state index in [2.05, 4.69) is 43.6 Å². The lowest BCUT2D eigenvalue weighted by Crippen LogP contribution is -2.73. The Balaban J connectivity index is 4.18. The molecular formula is C9H24N4. The molecule has 1 unspecified atom stereocenters. The van der Waals surface area contributed by atoms with Gasteiger partial charge in [-0.25, -0.2) is 0 Å². The Hall–Kier alpha value is -0.160. The van der Waals surface area contributed by atoms with Crippen LogP contribution < -0.4 is 21.7 Å². The molecule has 0 bridgehead atoms. The van der Waals surface area contributed by atoms with Crippen molar-refractivity contribution in [2.75, 3.05) is 19.6 Å². The second-order valence-corrected chi connectivity index (χ2v) is 3.21. The Labute approximate surface area is 81.6 Å². The Morgan fingerprint density at radius 1 is 1.08 bits per heavy atom. The van der Waals surface area contributed by atoms with Crippen molar-refractivity contribution in [1.82, 2.24) is 16.0 Å². The first-order valence-corrected chi connectivity index (χ1v) is 5.13. The largest absolute Gasteiger partial charge is 0.310 e. The molecule has 13 heavy (non-hydrogen) atoms. The van der Waals surface area contributed by atoms with Crippen LogP contribution in [0.1, 0.15) is 27.7 Å². The molecule has 0 aromatic carbocycles. The summed E-state index contributed by atoms with van der Waals surface area (Å²) in [5, 5.41) is 9.80. The quantitative estimate of drug-likeness (QED) is 0.418. The molecule has 1 atom stereocenters. The van der Waals surface area contributed by atoms with Crippen LogP contribution in [0.2, 0.25) is 0 Å². The summed E-state index contributed by atoms with van der Waals surface area (Å²) >= 11 is 0. The second-order valence-electron chi connectivity index (χ2n) is 3.21. The van der Waals surface area contributed by atoms with Crippen LogP contribution >= 0.6 is 0 Å². The van der Waals surface area contributed by atoms with E-state index >= 15 is 0 Å². The zero-order chi connectivity index (χ0) is 10.3. The van der Waals surface area contributed by atoms with Gasteiger partial charge in [0.2, 0.25) is 0 Å². The van der Waals surface area contributed by atoms with Crippen molar-refractivity contribution in [3.05, 3.63) is 0 Å². The molecule has 0 spiro atoms. The minimum Gasteiger partial charge on any atom is -0.310 e. The van der Waals surface area contributed by atoms with Crippen molar-refractivity contribution in [2.45, 2.75) is 39.5 Å². The van der Waals surface area contributed by atoms with Crippen LogP contribution in [-0.4, -0.2) is 31.5 Å². The summed E-state index contributed by atoms with van der Waals surface area (Å²) in [5.41, 5.74) is 6.16. The summed E-state index contributed by atoms with van der Waals surface area (Å²) in [4.78, 5) is 0. The van der Waals surface area contributed by atoms with E-state index in [0.717, 1.165) is 19.6 Å². The van der Waals surface area contributed by atoms with Gasteiger partial charge in [0.1, 0.15) is 5.79 Å². The zero-order valence-electron chi connectivity index (χ0n) is 9.28. The fourth-order valence-electron chi connectivity index (χ4n) is 1.42. The highest BCUT2D eigenvalue weighted by Crippen LogP contribution is 1.98. The molecule has 4 heteroatoms. The van der Waals surface area contributed by atoms with Crippen molar-refractivity contribution < 1.29 is 0 Å². The maximum atomic E-state index is 6.16. The average molecular weight is 188 g/mol. The highest BCUT2D eigenvalue weighted by molar-refractivity contribution is 4.88. The van der Waals surface area contributed by atoms with E-state index in [1.54, 1.807) is 0 Å². The molecule has 0 heterocycles. The Bertz CT molecular complexity index is 121. The van der Waals surface area contributed by atoms with Crippen molar-refractivity contribution >= 4 is 0 Å². The fourth-order valence-corrected chi connectivity index (χ4v) is 1.42. The average Bonchev–Trinajstić information content (AvgIpc) is 2.05. The van der Waals surface area contributed by atoms with Crippen LogP contribution in [0.4, 0.5) is 0 Å². The molecule has 80 valence electrons. The molecule has 0 aromatic rings. The lowest BCUT2D eigenvalue weighted by molar-refractivity contribution is 0.206. The molecule has 0 aliphatic heterocycles. The second kappa shape index (κ2) is 6.32. The van der Waals surface area contributed by atoms with E-state index in [-0.39, 0.29) is 6.04 Å². The monoisotopic (exact) mass is 188 g/mol. The van der Waals surface area contributed by atoms with Gasteiger partial charge < -0.3 is 5.32 Å². The molecule has 0 aliphatic rings. The molecule has 0 saturated heterocycles. The minimum absolute atomic E-state index is 0.206. The number of hydrogen-bond acceptors (Lipinski definition) is 4. The highest BCUT2D eigenvalue weighted by atomic mass is 15.3. The third-order valence-electron chi connectivity index (χ3n) is 2.13. The summed E-state index contributed by atoms with van der Waals surface area (Å²) in [6.45, 7) is 10.9. The first kappa shape index (κ1) is 12.8. The normalized spacial score (nSPS) is 14.5. The van der Waals surface area contributed by atoms with Crippen LogP contribution in [0.15, 0.2) is 0 Å². The molecular weight excluding hydrogens is 164 g/mol. The number of hydrogen-bond donors (Lipinski definition) is 4. The number of rotatable bonds is 7. The predicted octanol–water partition coefficient (Wildman–Crippen LogP) is -0.184. The summed E-state index contributed by atoms with van der Waals surface area (Å²) in [5.74, 6) is -0.500. The zero-order valence-corrected chi connectivity index (χ0v) is 9.28. The van der Waals surface area contributed by atoms with Crippen LogP contribution in [0, 0.1) is 0 Å². The third kappa shape index (κ3) is 4.04. The van der Waals surface area contributed by atoms with Gasteiger partial charge in [-0.2, -0.15) is 0 Å². The molecule has 0 radical (unpaired) electrons. The maximum Gasteiger partial charge on any atom is 0.136 e. The third-order valence-corrected chi connectivity index (χ3v) is 2.13. The van der Waals surface area contributed by atoms with Gasteiger partial charge in [0.15, 0.2) is 0 Å². The fraction of sp³-hybridized carbons (Fsp3) is 1.00. The summed E-state index contributed by atoms with van der Waals surface area (Å²) < 4.78 is 0. The van der Waals surface area contributed by atoms with Gasteiger partial charge >= 0.3 is 0 Å². The van der Waals surface area contributed by atoms with Gasteiger partial charge in [-0.15, -0.1) is 0 Å². The molecule has 0 aromatic heterocycles. The van der Waals surface area contributed by atoms with E-state index in [1.807, 2.05) is 0 Å². The molecule has 0 amide bonds. The first-order chi connectivity index (χ1) is 6.10. The van der Waals surface area contributed by atoms with Crippen molar-refractivity contribution in [3.8, 4) is 0 Å². The van der Waals surface area contributed by atoms with Crippen molar-refractivity contribution in [2.24, 2.45) is 5.73 Å². The molecule has 0 fully saturated rings. The molecule has 0 aliphatic carbocycles. The van der Waals surface area contributed by atoms with Gasteiger partial charge in [-0.1, -0.05) is 20.8 Å². The molecule has 5 N–H and O–H groups in total. The van der Waals surface area contributed by atoms with Gasteiger partial charge in [0.25, 0.3) is 0 Å².